The summed E-state index contributed by atoms with van der Waals surface area (Å²) in [6.07, 6.45) is -4.35. The Hall–Kier alpha value is -1.17. The van der Waals surface area contributed by atoms with E-state index >= 15 is 0 Å². The van der Waals surface area contributed by atoms with Crippen LogP contribution in [0.25, 0.3) is 10.9 Å². The fourth-order valence-electron chi connectivity index (χ4n) is 1.38. The van der Waals surface area contributed by atoms with Gasteiger partial charge in [0.1, 0.15) is 10.4 Å². The molecule has 0 aliphatic heterocycles. The molecule has 6 heteroatoms. The first-order chi connectivity index (χ1) is 7.38. The summed E-state index contributed by atoms with van der Waals surface area (Å²) in [5.41, 5.74) is -0.208. The second-order valence-corrected chi connectivity index (χ2v) is 4.04. The normalized spacial score (nSPS) is 12.1. The highest BCUT2D eigenvalue weighted by molar-refractivity contribution is 9.10. The van der Waals surface area contributed by atoms with E-state index in [1.165, 1.54) is 6.07 Å². The van der Waals surface area contributed by atoms with Crippen LogP contribution >= 0.6 is 15.9 Å². The van der Waals surface area contributed by atoms with Crippen molar-refractivity contribution in [1.82, 2.24) is 9.97 Å². The minimum Gasteiger partial charge on any atom is -0.233 e. The molecule has 0 radical (unpaired) electrons. The molecule has 84 valence electrons. The highest BCUT2D eigenvalue weighted by Crippen LogP contribution is 2.32. The molecule has 2 nitrogen and oxygen atoms in total. The predicted octanol–water partition coefficient (Wildman–Crippen LogP) is 3.72. The van der Waals surface area contributed by atoms with Gasteiger partial charge in [0.15, 0.2) is 0 Å². The molecule has 0 saturated carbocycles. The van der Waals surface area contributed by atoms with Crippen molar-refractivity contribution in [3.05, 3.63) is 34.2 Å². The van der Waals surface area contributed by atoms with Gasteiger partial charge in [0.05, 0.1) is 11.1 Å². The van der Waals surface area contributed by atoms with Crippen molar-refractivity contribution in [3.63, 3.8) is 0 Å². The summed E-state index contributed by atoms with van der Waals surface area (Å²) >= 11 is 3.13. The Balaban J connectivity index is 2.72. The van der Waals surface area contributed by atoms with Gasteiger partial charge in [0.25, 0.3) is 0 Å². The molecule has 0 saturated heterocycles. The number of aromatic nitrogens is 2. The van der Waals surface area contributed by atoms with Gasteiger partial charge in [-0.25, -0.2) is 9.97 Å². The van der Waals surface area contributed by atoms with E-state index in [-0.39, 0.29) is 0 Å². The van der Waals surface area contributed by atoms with E-state index in [2.05, 4.69) is 25.9 Å². The maximum atomic E-state index is 12.5. The van der Waals surface area contributed by atoms with Crippen molar-refractivity contribution in [2.45, 2.75) is 13.1 Å². The Kier molecular flexibility index (Phi) is 2.61. The summed E-state index contributed by atoms with van der Waals surface area (Å²) in [7, 11) is 0. The molecule has 0 fully saturated rings. The van der Waals surface area contributed by atoms with Crippen molar-refractivity contribution in [2.24, 2.45) is 0 Å². The van der Waals surface area contributed by atoms with Crippen LogP contribution in [0.3, 0.4) is 0 Å². The largest absolute Gasteiger partial charge is 0.416 e. The summed E-state index contributed by atoms with van der Waals surface area (Å²) in [5.74, 6) is 0.513. The van der Waals surface area contributed by atoms with Gasteiger partial charge < -0.3 is 0 Å². The van der Waals surface area contributed by atoms with Crippen LogP contribution < -0.4 is 0 Å². The van der Waals surface area contributed by atoms with Gasteiger partial charge in [-0.05, 0) is 41.1 Å². The minimum absolute atomic E-state index is 0.362. The van der Waals surface area contributed by atoms with Crippen molar-refractivity contribution in [1.29, 1.82) is 0 Å². The molecule has 0 bridgehead atoms. The minimum atomic E-state index is -4.35. The Morgan fingerprint density at radius 3 is 2.50 bits per heavy atom. The molecular formula is C10H6BrF3N2. The Morgan fingerprint density at radius 1 is 1.19 bits per heavy atom. The molecule has 1 aromatic carbocycles. The van der Waals surface area contributed by atoms with Crippen LogP contribution in [0.2, 0.25) is 0 Å². The maximum absolute atomic E-state index is 12.5. The van der Waals surface area contributed by atoms with Crippen molar-refractivity contribution in [3.8, 4) is 0 Å². The summed E-state index contributed by atoms with van der Waals surface area (Å²) in [5, 5.41) is 0.362. The van der Waals surface area contributed by atoms with E-state index in [4.69, 9.17) is 0 Å². The molecule has 16 heavy (non-hydrogen) atoms. The van der Waals surface area contributed by atoms with E-state index in [9.17, 15) is 13.2 Å². The van der Waals surface area contributed by atoms with E-state index in [1.54, 1.807) is 6.92 Å². The highest BCUT2D eigenvalue weighted by atomic mass is 79.9. The van der Waals surface area contributed by atoms with Gasteiger partial charge in [-0.15, -0.1) is 0 Å². The van der Waals surface area contributed by atoms with E-state index in [0.717, 1.165) is 12.1 Å². The first kappa shape index (κ1) is 11.3. The number of nitrogens with zero attached hydrogens (tertiary/aromatic N) is 2. The molecule has 1 aromatic heterocycles. The zero-order valence-electron chi connectivity index (χ0n) is 8.14. The Bertz CT molecular complexity index is 551. The number of hydrogen-bond donors (Lipinski definition) is 0. The lowest BCUT2D eigenvalue weighted by Crippen LogP contribution is -2.04. The molecule has 0 amide bonds. The van der Waals surface area contributed by atoms with Crippen LogP contribution in [-0.2, 0) is 6.18 Å². The van der Waals surface area contributed by atoms with Gasteiger partial charge in [-0.1, -0.05) is 0 Å². The summed E-state index contributed by atoms with van der Waals surface area (Å²) in [6, 6.07) is 3.40. The number of hydrogen-bond acceptors (Lipinski definition) is 2. The zero-order chi connectivity index (χ0) is 11.9. The smallest absolute Gasteiger partial charge is 0.233 e. The van der Waals surface area contributed by atoms with Crippen LogP contribution in [0.15, 0.2) is 22.8 Å². The lowest BCUT2D eigenvalue weighted by atomic mass is 10.1. The lowest BCUT2D eigenvalue weighted by Gasteiger charge is -2.08. The van der Waals surface area contributed by atoms with Crippen LogP contribution in [-0.4, -0.2) is 9.97 Å². The van der Waals surface area contributed by atoms with Crippen molar-refractivity contribution >= 4 is 26.8 Å². The third-order valence-electron chi connectivity index (χ3n) is 2.09. The molecular weight excluding hydrogens is 285 g/mol. The maximum Gasteiger partial charge on any atom is 0.416 e. The molecule has 2 rings (SSSR count). The fraction of sp³-hybridized carbons (Fsp3) is 0.200. The van der Waals surface area contributed by atoms with Gasteiger partial charge in [-0.3, -0.25) is 0 Å². The second kappa shape index (κ2) is 3.69. The average molecular weight is 291 g/mol. The molecule has 0 aliphatic rings. The topological polar surface area (TPSA) is 25.8 Å². The molecule has 0 aliphatic carbocycles. The van der Waals surface area contributed by atoms with Crippen LogP contribution in [0, 0.1) is 6.92 Å². The average Bonchev–Trinajstić information content (AvgIpc) is 2.15. The third-order valence-corrected chi connectivity index (χ3v) is 2.69. The molecule has 2 aromatic rings. The third kappa shape index (κ3) is 2.02. The summed E-state index contributed by atoms with van der Waals surface area (Å²) in [6.45, 7) is 1.68. The highest BCUT2D eigenvalue weighted by Gasteiger charge is 2.30. The van der Waals surface area contributed by atoms with Crippen LogP contribution in [0.1, 0.15) is 11.4 Å². The SMILES string of the molecule is Cc1nc(Br)c2cc(C(F)(F)F)ccc2n1. The monoisotopic (exact) mass is 290 g/mol. The molecule has 0 N–H and O–H groups in total. The summed E-state index contributed by atoms with van der Waals surface area (Å²) < 4.78 is 37.8. The Morgan fingerprint density at radius 2 is 1.88 bits per heavy atom. The lowest BCUT2D eigenvalue weighted by molar-refractivity contribution is -0.137. The number of halogens is 4. The predicted molar refractivity (Wildman–Crippen MR) is 57.0 cm³/mol. The van der Waals surface area contributed by atoms with Gasteiger partial charge in [0, 0.05) is 5.39 Å². The summed E-state index contributed by atoms with van der Waals surface area (Å²) in [4.78, 5) is 8.01. The van der Waals surface area contributed by atoms with E-state index < -0.39 is 11.7 Å². The molecule has 0 unspecified atom stereocenters. The van der Waals surface area contributed by atoms with Gasteiger partial charge in [0.2, 0.25) is 0 Å². The first-order valence-electron chi connectivity index (χ1n) is 4.39. The van der Waals surface area contributed by atoms with Crippen molar-refractivity contribution in [2.75, 3.05) is 0 Å². The second-order valence-electron chi connectivity index (χ2n) is 3.29. The number of benzene rings is 1. The van der Waals surface area contributed by atoms with Crippen molar-refractivity contribution < 1.29 is 13.2 Å². The number of rotatable bonds is 0. The van der Waals surface area contributed by atoms with E-state index in [0.29, 0.717) is 21.3 Å². The molecule has 0 spiro atoms. The van der Waals surface area contributed by atoms with Crippen LogP contribution in [0.5, 0.6) is 0 Å². The fourth-order valence-corrected chi connectivity index (χ4v) is 1.95. The first-order valence-corrected chi connectivity index (χ1v) is 5.18. The molecule has 1 heterocycles. The number of aryl methyl sites for hydroxylation is 1. The standard InChI is InChI=1S/C10H6BrF3N2/c1-5-15-8-3-2-6(10(12,13)14)4-7(8)9(11)16-5/h2-4H,1H3. The Labute approximate surface area is 97.6 Å². The number of alkyl halides is 3. The number of fused-ring (bicyclic) bond motifs is 1. The van der Waals surface area contributed by atoms with Gasteiger partial charge in [-0.2, -0.15) is 13.2 Å². The molecule has 0 atom stereocenters. The van der Waals surface area contributed by atoms with E-state index in [1.807, 2.05) is 0 Å². The van der Waals surface area contributed by atoms with Gasteiger partial charge >= 0.3 is 6.18 Å². The van der Waals surface area contributed by atoms with Crippen LogP contribution in [0.4, 0.5) is 13.2 Å². The quantitative estimate of drug-likeness (QED) is 0.691. The zero-order valence-corrected chi connectivity index (χ0v) is 9.72.